The van der Waals surface area contributed by atoms with E-state index in [-0.39, 0.29) is 0 Å². The van der Waals surface area contributed by atoms with E-state index in [1.165, 1.54) is 32.1 Å². The number of fused-ring (bicyclic) bond motifs is 1. The van der Waals surface area contributed by atoms with Crippen LogP contribution in [0.15, 0.2) is 49.2 Å². The highest BCUT2D eigenvalue weighted by Gasteiger charge is 2.16. The number of imidazole rings is 1. The van der Waals surface area contributed by atoms with Crippen molar-refractivity contribution in [3.63, 3.8) is 0 Å². The second-order valence-electron chi connectivity index (χ2n) is 7.20. The van der Waals surface area contributed by atoms with Gasteiger partial charge in [0.15, 0.2) is 11.3 Å². The maximum Gasteiger partial charge on any atom is 0.197 e. The van der Waals surface area contributed by atoms with E-state index in [1.807, 2.05) is 36.8 Å². The Morgan fingerprint density at radius 1 is 1.00 bits per heavy atom. The van der Waals surface area contributed by atoms with Gasteiger partial charge in [0, 0.05) is 12.1 Å². The molecule has 5 rings (SSSR count). The van der Waals surface area contributed by atoms with Crippen LogP contribution < -0.4 is 0 Å². The fourth-order valence-corrected chi connectivity index (χ4v) is 3.89. The van der Waals surface area contributed by atoms with Gasteiger partial charge in [-0.15, -0.1) is 5.10 Å². The molecule has 1 aromatic carbocycles. The molecular formula is C20H21N7. The third kappa shape index (κ3) is 3.20. The summed E-state index contributed by atoms with van der Waals surface area (Å²) in [5, 5.41) is 7.86. The lowest BCUT2D eigenvalue weighted by molar-refractivity contribution is 0.321. The molecule has 136 valence electrons. The Balaban J connectivity index is 1.44. The van der Waals surface area contributed by atoms with E-state index >= 15 is 0 Å². The van der Waals surface area contributed by atoms with Crippen molar-refractivity contribution < 1.29 is 0 Å². The molecule has 27 heavy (non-hydrogen) atoms. The first-order valence-electron chi connectivity index (χ1n) is 9.52. The average Bonchev–Trinajstić information content (AvgIpc) is 3.39. The van der Waals surface area contributed by atoms with E-state index in [0.717, 1.165) is 35.1 Å². The molecule has 0 amide bonds. The summed E-state index contributed by atoms with van der Waals surface area (Å²) < 4.78 is 3.91. The molecule has 0 N–H and O–H groups in total. The van der Waals surface area contributed by atoms with Crippen molar-refractivity contribution in [1.82, 2.24) is 34.5 Å². The lowest BCUT2D eigenvalue weighted by Crippen LogP contribution is -2.13. The van der Waals surface area contributed by atoms with Gasteiger partial charge in [0.1, 0.15) is 0 Å². The van der Waals surface area contributed by atoms with Gasteiger partial charge in [-0.25, -0.2) is 19.6 Å². The number of benzene rings is 1. The van der Waals surface area contributed by atoms with Crippen LogP contribution in [0, 0.1) is 5.92 Å². The highest BCUT2D eigenvalue weighted by molar-refractivity contribution is 5.71. The maximum absolute atomic E-state index is 4.87. The summed E-state index contributed by atoms with van der Waals surface area (Å²) in [6.07, 6.45) is 13.8. The van der Waals surface area contributed by atoms with E-state index in [9.17, 15) is 0 Å². The van der Waals surface area contributed by atoms with Crippen molar-refractivity contribution in [2.75, 3.05) is 0 Å². The van der Waals surface area contributed by atoms with Gasteiger partial charge in [-0.05, 0) is 30.9 Å². The van der Waals surface area contributed by atoms with Crippen LogP contribution in [-0.2, 0) is 6.54 Å². The first-order chi connectivity index (χ1) is 13.4. The van der Waals surface area contributed by atoms with E-state index in [2.05, 4.69) is 24.8 Å². The predicted octanol–water partition coefficient (Wildman–Crippen LogP) is 3.65. The van der Waals surface area contributed by atoms with Crippen LogP contribution in [0.1, 0.15) is 32.1 Å². The summed E-state index contributed by atoms with van der Waals surface area (Å²) in [6.45, 7) is 0.986. The smallest absolute Gasteiger partial charge is 0.197 e. The Kier molecular flexibility index (Phi) is 4.12. The lowest BCUT2D eigenvalue weighted by atomic mass is 9.89. The van der Waals surface area contributed by atoms with Gasteiger partial charge >= 0.3 is 0 Å². The molecule has 7 nitrogen and oxygen atoms in total. The zero-order valence-corrected chi connectivity index (χ0v) is 15.1. The van der Waals surface area contributed by atoms with E-state index in [1.54, 1.807) is 17.1 Å². The van der Waals surface area contributed by atoms with E-state index in [4.69, 9.17) is 4.98 Å². The third-order valence-corrected chi connectivity index (χ3v) is 5.36. The average molecular weight is 359 g/mol. The van der Waals surface area contributed by atoms with Crippen LogP contribution in [0.3, 0.4) is 0 Å². The zero-order chi connectivity index (χ0) is 18.1. The Labute approximate surface area is 157 Å². The summed E-state index contributed by atoms with van der Waals surface area (Å²) in [5.41, 5.74) is 4.44. The molecule has 0 spiro atoms. The monoisotopic (exact) mass is 359 g/mol. The molecular weight excluding hydrogens is 338 g/mol. The normalized spacial score (nSPS) is 15.4. The number of nitrogens with zero attached hydrogens (tertiary/aromatic N) is 7. The van der Waals surface area contributed by atoms with Gasteiger partial charge < -0.3 is 4.57 Å². The topological polar surface area (TPSA) is 74.3 Å². The first kappa shape index (κ1) is 16.1. The fraction of sp³-hybridized carbons (Fsp3) is 0.350. The van der Waals surface area contributed by atoms with Crippen molar-refractivity contribution in [1.29, 1.82) is 0 Å². The second kappa shape index (κ2) is 6.90. The molecule has 0 saturated heterocycles. The minimum absolute atomic E-state index is 0.716. The number of hydrogen-bond acceptors (Lipinski definition) is 5. The van der Waals surface area contributed by atoms with Crippen molar-refractivity contribution in [2.24, 2.45) is 5.92 Å². The highest BCUT2D eigenvalue weighted by Crippen LogP contribution is 2.26. The molecule has 1 fully saturated rings. The van der Waals surface area contributed by atoms with Crippen LogP contribution in [-0.4, -0.2) is 34.5 Å². The minimum atomic E-state index is 0.716. The Bertz CT molecular complexity index is 1030. The maximum atomic E-state index is 4.87. The Hall–Kier alpha value is -3.09. The fourth-order valence-electron chi connectivity index (χ4n) is 3.89. The molecule has 0 aliphatic heterocycles. The van der Waals surface area contributed by atoms with Crippen molar-refractivity contribution in [3.8, 4) is 16.9 Å². The van der Waals surface area contributed by atoms with Crippen LogP contribution in [0.2, 0.25) is 0 Å². The van der Waals surface area contributed by atoms with Gasteiger partial charge in [-0.1, -0.05) is 36.6 Å². The Morgan fingerprint density at radius 2 is 1.85 bits per heavy atom. The Morgan fingerprint density at radius 3 is 2.63 bits per heavy atom. The number of hydrogen-bond donors (Lipinski definition) is 0. The molecule has 0 bridgehead atoms. The van der Waals surface area contributed by atoms with Gasteiger partial charge in [0.2, 0.25) is 0 Å². The van der Waals surface area contributed by atoms with Crippen LogP contribution >= 0.6 is 0 Å². The van der Waals surface area contributed by atoms with Crippen molar-refractivity contribution in [3.05, 3.63) is 49.2 Å². The van der Waals surface area contributed by atoms with Crippen molar-refractivity contribution in [2.45, 2.75) is 38.6 Å². The van der Waals surface area contributed by atoms with Crippen LogP contribution in [0.5, 0.6) is 0 Å². The van der Waals surface area contributed by atoms with Gasteiger partial charge in [0.25, 0.3) is 0 Å². The molecule has 1 aliphatic rings. The largest absolute Gasteiger partial charge is 0.314 e. The first-order valence-corrected chi connectivity index (χ1v) is 9.52. The summed E-state index contributed by atoms with van der Waals surface area (Å²) in [5.74, 6) is 0.726. The predicted molar refractivity (Wildman–Crippen MR) is 102 cm³/mol. The molecule has 3 aromatic heterocycles. The SMILES string of the molecule is c1cn(-c2ccc(-c3cnc4ncn(CC5CCCCC5)c4n3)cc2)nn1. The highest BCUT2D eigenvalue weighted by atomic mass is 15.4. The molecule has 0 atom stereocenters. The summed E-state index contributed by atoms with van der Waals surface area (Å²) in [6, 6.07) is 8.09. The molecule has 4 aromatic rings. The summed E-state index contributed by atoms with van der Waals surface area (Å²) in [7, 11) is 0. The second-order valence-corrected chi connectivity index (χ2v) is 7.20. The van der Waals surface area contributed by atoms with Crippen molar-refractivity contribution >= 4 is 11.3 Å². The third-order valence-electron chi connectivity index (χ3n) is 5.36. The van der Waals surface area contributed by atoms with Gasteiger partial charge in [0.05, 0.1) is 36.3 Å². The van der Waals surface area contributed by atoms with Crippen LogP contribution in [0.4, 0.5) is 0 Å². The molecule has 0 radical (unpaired) electrons. The number of aromatic nitrogens is 7. The summed E-state index contributed by atoms with van der Waals surface area (Å²) >= 11 is 0. The van der Waals surface area contributed by atoms with E-state index in [0.29, 0.717) is 5.65 Å². The van der Waals surface area contributed by atoms with Gasteiger partial charge in [-0.3, -0.25) is 0 Å². The quantitative estimate of drug-likeness (QED) is 0.556. The van der Waals surface area contributed by atoms with Gasteiger partial charge in [-0.2, -0.15) is 0 Å². The van der Waals surface area contributed by atoms with Crippen LogP contribution in [0.25, 0.3) is 28.2 Å². The molecule has 3 heterocycles. The molecule has 0 unspecified atom stereocenters. The zero-order valence-electron chi connectivity index (χ0n) is 15.1. The molecule has 1 saturated carbocycles. The lowest BCUT2D eigenvalue weighted by Gasteiger charge is -2.21. The van der Waals surface area contributed by atoms with E-state index < -0.39 is 0 Å². The number of rotatable bonds is 4. The minimum Gasteiger partial charge on any atom is -0.314 e. The standard InChI is InChI=1S/C20H21N7/c1-2-4-15(5-3-1)13-26-14-22-19-20(26)24-18(12-21-19)16-6-8-17(9-7-16)27-11-10-23-25-27/h6-12,14-15H,1-5,13H2. The summed E-state index contributed by atoms with van der Waals surface area (Å²) in [4.78, 5) is 13.8. The molecule has 1 aliphatic carbocycles. The molecule has 7 heteroatoms.